The lowest BCUT2D eigenvalue weighted by Crippen LogP contribution is -2.18. The molecule has 1 aromatic rings. The summed E-state index contributed by atoms with van der Waals surface area (Å²) in [5.74, 6) is 0.694. The van der Waals surface area contributed by atoms with E-state index in [-0.39, 0.29) is 0 Å². The highest BCUT2D eigenvalue weighted by molar-refractivity contribution is 5.03. The Kier molecular flexibility index (Phi) is 3.48. The van der Waals surface area contributed by atoms with Crippen LogP contribution in [0.4, 0.5) is 0 Å². The van der Waals surface area contributed by atoms with Crippen LogP contribution in [-0.4, -0.2) is 16.6 Å². The molecule has 1 atom stereocenters. The van der Waals surface area contributed by atoms with Crippen molar-refractivity contribution in [1.29, 1.82) is 0 Å². The number of hydrogen-bond acceptors (Lipinski definition) is 2. The monoisotopic (exact) mass is 181 g/mol. The molecule has 1 rings (SSSR count). The Hall–Kier alpha value is -0.830. The third kappa shape index (κ3) is 2.84. The maximum Gasteiger partial charge on any atom is 0.0947 e. The van der Waals surface area contributed by atoms with E-state index in [1.54, 1.807) is 0 Å². The minimum atomic E-state index is 0.390. The van der Waals surface area contributed by atoms with Gasteiger partial charge in [0.15, 0.2) is 0 Å². The summed E-state index contributed by atoms with van der Waals surface area (Å²) >= 11 is 0. The van der Waals surface area contributed by atoms with Gasteiger partial charge in [-0.3, -0.25) is 0 Å². The predicted molar refractivity (Wildman–Crippen MR) is 54.5 cm³/mol. The van der Waals surface area contributed by atoms with E-state index in [0.717, 1.165) is 12.1 Å². The van der Waals surface area contributed by atoms with Crippen molar-refractivity contribution in [2.75, 3.05) is 7.05 Å². The van der Waals surface area contributed by atoms with Crippen LogP contribution in [0.5, 0.6) is 0 Å². The first-order valence-corrected chi connectivity index (χ1v) is 4.78. The fraction of sp³-hybridized carbons (Fsp3) is 0.700. The summed E-state index contributed by atoms with van der Waals surface area (Å²) < 4.78 is 1.99. The first-order valence-electron chi connectivity index (χ1n) is 4.78. The van der Waals surface area contributed by atoms with Gasteiger partial charge in [0, 0.05) is 13.2 Å². The van der Waals surface area contributed by atoms with Gasteiger partial charge in [-0.05, 0) is 19.4 Å². The van der Waals surface area contributed by atoms with Crippen LogP contribution in [0.15, 0.2) is 12.5 Å². The van der Waals surface area contributed by atoms with Crippen molar-refractivity contribution >= 4 is 0 Å². The van der Waals surface area contributed by atoms with Crippen LogP contribution >= 0.6 is 0 Å². The molecule has 1 unspecified atom stereocenters. The Labute approximate surface area is 80.2 Å². The molecular formula is C10H19N3. The molecule has 1 N–H and O–H groups in total. The molecule has 3 heteroatoms. The Morgan fingerprint density at radius 1 is 1.54 bits per heavy atom. The first-order chi connectivity index (χ1) is 6.13. The lowest BCUT2D eigenvalue weighted by molar-refractivity contribution is 0.450. The molecule has 1 aromatic heterocycles. The normalized spacial score (nSPS) is 13.6. The zero-order chi connectivity index (χ0) is 9.84. The van der Waals surface area contributed by atoms with Crippen molar-refractivity contribution in [2.45, 2.75) is 26.3 Å². The minimum absolute atomic E-state index is 0.390. The zero-order valence-electron chi connectivity index (χ0n) is 8.91. The third-order valence-electron chi connectivity index (χ3n) is 2.14. The summed E-state index contributed by atoms with van der Waals surface area (Å²) in [6.07, 6.45) is 5.05. The largest absolute Gasteiger partial charge is 0.340 e. The number of rotatable bonds is 4. The molecule has 0 bridgehead atoms. The zero-order valence-corrected chi connectivity index (χ0v) is 8.91. The molecule has 0 radical (unpaired) electrons. The van der Waals surface area contributed by atoms with Crippen LogP contribution in [0.2, 0.25) is 0 Å². The van der Waals surface area contributed by atoms with Gasteiger partial charge in [-0.2, -0.15) is 0 Å². The molecule has 0 aliphatic rings. The van der Waals surface area contributed by atoms with Crippen molar-refractivity contribution in [3.05, 3.63) is 18.2 Å². The fourth-order valence-electron chi connectivity index (χ4n) is 1.47. The van der Waals surface area contributed by atoms with E-state index < -0.39 is 0 Å². The summed E-state index contributed by atoms with van der Waals surface area (Å²) in [7, 11) is 3.99. The molecule has 0 fully saturated rings. The van der Waals surface area contributed by atoms with E-state index in [9.17, 15) is 0 Å². The predicted octanol–water partition coefficient (Wildman–Crippen LogP) is 1.73. The fourth-order valence-corrected chi connectivity index (χ4v) is 1.47. The van der Waals surface area contributed by atoms with Gasteiger partial charge in [-0.25, -0.2) is 4.98 Å². The van der Waals surface area contributed by atoms with Crippen molar-refractivity contribution in [3.8, 4) is 0 Å². The summed E-state index contributed by atoms with van der Waals surface area (Å²) in [6, 6.07) is 0.390. The Morgan fingerprint density at radius 3 is 2.62 bits per heavy atom. The quantitative estimate of drug-likeness (QED) is 0.766. The van der Waals surface area contributed by atoms with Crippen molar-refractivity contribution in [1.82, 2.24) is 14.9 Å². The minimum Gasteiger partial charge on any atom is -0.340 e. The number of nitrogens with one attached hydrogen (secondary N) is 1. The maximum absolute atomic E-state index is 4.34. The highest BCUT2D eigenvalue weighted by Gasteiger charge is 2.12. The lowest BCUT2D eigenvalue weighted by atomic mass is 10.0. The second kappa shape index (κ2) is 4.42. The molecule has 0 aromatic carbocycles. The highest BCUT2D eigenvalue weighted by Crippen LogP contribution is 2.18. The molecule has 3 nitrogen and oxygen atoms in total. The first kappa shape index (κ1) is 10.3. The number of nitrogens with zero attached hydrogens (tertiary/aromatic N) is 2. The van der Waals surface area contributed by atoms with Crippen molar-refractivity contribution in [3.63, 3.8) is 0 Å². The Morgan fingerprint density at radius 2 is 2.23 bits per heavy atom. The SMILES string of the molecule is CNC(CC(C)C)c1cn(C)cn1. The Bertz CT molecular complexity index is 252. The van der Waals surface area contributed by atoms with Crippen LogP contribution in [-0.2, 0) is 7.05 Å². The number of imidazole rings is 1. The average molecular weight is 181 g/mol. The van der Waals surface area contributed by atoms with E-state index >= 15 is 0 Å². The van der Waals surface area contributed by atoms with E-state index in [4.69, 9.17) is 0 Å². The summed E-state index contributed by atoms with van der Waals surface area (Å²) in [5, 5.41) is 3.29. The molecule has 1 heterocycles. The molecule has 0 saturated heterocycles. The summed E-state index contributed by atoms with van der Waals surface area (Å²) in [4.78, 5) is 4.34. The van der Waals surface area contributed by atoms with Crippen molar-refractivity contribution in [2.24, 2.45) is 13.0 Å². The lowest BCUT2D eigenvalue weighted by Gasteiger charge is -2.15. The van der Waals surface area contributed by atoms with Gasteiger partial charge in [-0.15, -0.1) is 0 Å². The van der Waals surface area contributed by atoms with Crippen molar-refractivity contribution < 1.29 is 0 Å². The highest BCUT2D eigenvalue weighted by atomic mass is 15.0. The summed E-state index contributed by atoms with van der Waals surface area (Å²) in [5.41, 5.74) is 1.14. The number of hydrogen-bond donors (Lipinski definition) is 1. The molecule has 0 aliphatic heterocycles. The van der Waals surface area contributed by atoms with Gasteiger partial charge in [0.25, 0.3) is 0 Å². The van der Waals surface area contributed by atoms with Gasteiger partial charge >= 0.3 is 0 Å². The van der Waals surface area contributed by atoms with Crippen LogP contribution in [0, 0.1) is 5.92 Å². The Balaban J connectivity index is 2.66. The molecule has 0 spiro atoms. The topological polar surface area (TPSA) is 29.9 Å². The number of aromatic nitrogens is 2. The second-order valence-corrected chi connectivity index (χ2v) is 3.93. The average Bonchev–Trinajstić information content (AvgIpc) is 2.47. The standard InChI is InChI=1S/C10H19N3/c1-8(2)5-9(11-3)10-6-13(4)7-12-10/h6-9,11H,5H2,1-4H3. The molecular weight excluding hydrogens is 162 g/mol. The van der Waals surface area contributed by atoms with E-state index in [1.807, 2.05) is 25.0 Å². The molecule has 13 heavy (non-hydrogen) atoms. The van der Waals surface area contributed by atoms with Crippen LogP contribution in [0.25, 0.3) is 0 Å². The smallest absolute Gasteiger partial charge is 0.0947 e. The van der Waals surface area contributed by atoms with E-state index in [0.29, 0.717) is 12.0 Å². The molecule has 0 amide bonds. The van der Waals surface area contributed by atoms with E-state index in [1.165, 1.54) is 0 Å². The van der Waals surface area contributed by atoms with Crippen LogP contribution < -0.4 is 5.32 Å². The second-order valence-electron chi connectivity index (χ2n) is 3.93. The van der Waals surface area contributed by atoms with Gasteiger partial charge in [0.2, 0.25) is 0 Å². The van der Waals surface area contributed by atoms with Gasteiger partial charge in [0.1, 0.15) is 0 Å². The third-order valence-corrected chi connectivity index (χ3v) is 2.14. The molecule has 0 saturated carbocycles. The van der Waals surface area contributed by atoms with Crippen LogP contribution in [0.1, 0.15) is 32.0 Å². The van der Waals surface area contributed by atoms with Crippen LogP contribution in [0.3, 0.4) is 0 Å². The van der Waals surface area contributed by atoms with Gasteiger partial charge in [-0.1, -0.05) is 13.8 Å². The number of aryl methyl sites for hydroxylation is 1. The maximum atomic E-state index is 4.34. The summed E-state index contributed by atoms with van der Waals surface area (Å²) in [6.45, 7) is 4.46. The van der Waals surface area contributed by atoms with E-state index in [2.05, 4.69) is 30.3 Å². The molecule has 0 aliphatic carbocycles. The van der Waals surface area contributed by atoms with Gasteiger partial charge in [0.05, 0.1) is 18.1 Å². The van der Waals surface area contributed by atoms with Gasteiger partial charge < -0.3 is 9.88 Å². The molecule has 74 valence electrons.